The van der Waals surface area contributed by atoms with Gasteiger partial charge >= 0.3 is 0 Å². The number of nitrogens with two attached hydrogens (primary N) is 1. The molecule has 1 atom stereocenters. The minimum atomic E-state index is -0.425. The molecule has 0 radical (unpaired) electrons. The molecule has 1 amide bonds. The highest BCUT2D eigenvalue weighted by Crippen LogP contribution is 2.42. The van der Waals surface area contributed by atoms with E-state index in [1.165, 1.54) is 19.3 Å². The summed E-state index contributed by atoms with van der Waals surface area (Å²) in [6.07, 6.45) is 5.81. The Morgan fingerprint density at radius 1 is 1.50 bits per heavy atom. The molecule has 0 bridgehead atoms. The molecule has 0 heterocycles. The van der Waals surface area contributed by atoms with E-state index in [1.807, 2.05) is 32.5 Å². The molecule has 1 saturated carbocycles. The molecule has 16 heavy (non-hydrogen) atoms. The summed E-state index contributed by atoms with van der Waals surface area (Å²) in [5.41, 5.74) is 5.74. The van der Waals surface area contributed by atoms with Crippen LogP contribution in [0.5, 0.6) is 0 Å². The maximum atomic E-state index is 11.8. The molecule has 0 aliphatic heterocycles. The summed E-state index contributed by atoms with van der Waals surface area (Å²) in [6.45, 7) is 6.73. The van der Waals surface area contributed by atoms with Crippen LogP contribution in [0.4, 0.5) is 0 Å². The van der Waals surface area contributed by atoms with E-state index in [0.29, 0.717) is 0 Å². The second-order valence-electron chi connectivity index (χ2n) is 5.80. The van der Waals surface area contributed by atoms with Crippen molar-refractivity contribution in [3.8, 4) is 0 Å². The van der Waals surface area contributed by atoms with Gasteiger partial charge in [-0.3, -0.25) is 4.79 Å². The van der Waals surface area contributed by atoms with Gasteiger partial charge in [0.15, 0.2) is 0 Å². The molecule has 94 valence electrons. The largest absolute Gasteiger partial charge is 0.353 e. The molecule has 1 aliphatic carbocycles. The van der Waals surface area contributed by atoms with Crippen LogP contribution in [0.1, 0.15) is 40.0 Å². The highest BCUT2D eigenvalue weighted by atomic mass is 32.2. The summed E-state index contributed by atoms with van der Waals surface area (Å²) in [4.78, 5) is 11.8. The monoisotopic (exact) mass is 244 g/mol. The molecular weight excluding hydrogens is 220 g/mol. The lowest BCUT2D eigenvalue weighted by molar-refractivity contribution is -0.124. The normalized spacial score (nSPS) is 21.1. The number of amides is 1. The van der Waals surface area contributed by atoms with Gasteiger partial charge in [-0.15, -0.1) is 0 Å². The molecule has 0 saturated heterocycles. The number of rotatable bonds is 4. The average molecular weight is 244 g/mol. The average Bonchev–Trinajstić information content (AvgIpc) is 2.14. The SMILES string of the molecule is CSC1(CNC(=O)[C@H](N)C(C)(C)C)CCC1. The Hall–Kier alpha value is -0.220. The summed E-state index contributed by atoms with van der Waals surface area (Å²) in [7, 11) is 0. The van der Waals surface area contributed by atoms with Crippen LogP contribution >= 0.6 is 11.8 Å². The number of nitrogens with one attached hydrogen (secondary N) is 1. The van der Waals surface area contributed by atoms with Crippen molar-refractivity contribution in [2.24, 2.45) is 11.1 Å². The maximum Gasteiger partial charge on any atom is 0.237 e. The predicted molar refractivity (Wildman–Crippen MR) is 70.5 cm³/mol. The third-order valence-corrected chi connectivity index (χ3v) is 4.92. The van der Waals surface area contributed by atoms with E-state index in [0.717, 1.165) is 6.54 Å². The van der Waals surface area contributed by atoms with Crippen LogP contribution in [0.2, 0.25) is 0 Å². The highest BCUT2D eigenvalue weighted by molar-refractivity contribution is 8.00. The van der Waals surface area contributed by atoms with Gasteiger partial charge in [0.2, 0.25) is 5.91 Å². The maximum absolute atomic E-state index is 11.8. The zero-order valence-corrected chi connectivity index (χ0v) is 11.6. The van der Waals surface area contributed by atoms with Crippen LogP contribution in [0.15, 0.2) is 0 Å². The molecule has 0 aromatic carbocycles. The van der Waals surface area contributed by atoms with Crippen molar-refractivity contribution in [1.29, 1.82) is 0 Å². The third kappa shape index (κ3) is 3.14. The summed E-state index contributed by atoms with van der Waals surface area (Å²) < 4.78 is 0.285. The fraction of sp³-hybridized carbons (Fsp3) is 0.917. The summed E-state index contributed by atoms with van der Waals surface area (Å²) in [5, 5.41) is 3.00. The van der Waals surface area contributed by atoms with Crippen LogP contribution in [0.25, 0.3) is 0 Å². The first-order chi connectivity index (χ1) is 7.31. The lowest BCUT2D eigenvalue weighted by Crippen LogP contribution is -2.53. The molecule has 3 nitrogen and oxygen atoms in total. The zero-order chi connectivity index (χ0) is 12.4. The van der Waals surface area contributed by atoms with Crippen molar-refractivity contribution in [3.63, 3.8) is 0 Å². The smallest absolute Gasteiger partial charge is 0.237 e. The van der Waals surface area contributed by atoms with Crippen LogP contribution < -0.4 is 11.1 Å². The standard InChI is InChI=1S/C12H24N2OS/c1-11(2,3)9(13)10(15)14-8-12(16-4)6-5-7-12/h9H,5-8,13H2,1-4H3,(H,14,15)/t9-/m0/s1. The van der Waals surface area contributed by atoms with E-state index in [4.69, 9.17) is 5.73 Å². The summed E-state index contributed by atoms with van der Waals surface area (Å²) >= 11 is 1.86. The third-order valence-electron chi connectivity index (χ3n) is 3.50. The molecule has 0 unspecified atom stereocenters. The van der Waals surface area contributed by atoms with E-state index in [1.54, 1.807) is 0 Å². The van der Waals surface area contributed by atoms with Gasteiger partial charge in [-0.05, 0) is 24.5 Å². The van der Waals surface area contributed by atoms with Crippen molar-refractivity contribution in [2.75, 3.05) is 12.8 Å². The molecule has 0 aromatic rings. The Kier molecular flexibility index (Phi) is 4.29. The number of hydrogen-bond acceptors (Lipinski definition) is 3. The van der Waals surface area contributed by atoms with Crippen LogP contribution in [0, 0.1) is 5.41 Å². The van der Waals surface area contributed by atoms with Crippen molar-refractivity contribution in [2.45, 2.75) is 50.8 Å². The Morgan fingerprint density at radius 3 is 2.38 bits per heavy atom. The van der Waals surface area contributed by atoms with Gasteiger partial charge in [0, 0.05) is 11.3 Å². The molecule has 4 heteroatoms. The highest BCUT2D eigenvalue weighted by Gasteiger charge is 2.37. The van der Waals surface area contributed by atoms with Gasteiger partial charge in [-0.2, -0.15) is 11.8 Å². The molecular formula is C12H24N2OS. The molecule has 0 spiro atoms. The first-order valence-corrected chi connectivity index (χ1v) is 7.12. The van der Waals surface area contributed by atoms with Crippen LogP contribution in [-0.2, 0) is 4.79 Å². The van der Waals surface area contributed by atoms with E-state index in [-0.39, 0.29) is 16.1 Å². The predicted octanol–water partition coefficient (Wildman–Crippen LogP) is 1.76. The van der Waals surface area contributed by atoms with Gasteiger partial charge in [0.25, 0.3) is 0 Å². The lowest BCUT2D eigenvalue weighted by atomic mass is 9.83. The van der Waals surface area contributed by atoms with Gasteiger partial charge < -0.3 is 11.1 Å². The Balaban J connectivity index is 2.41. The lowest BCUT2D eigenvalue weighted by Gasteiger charge is -2.41. The van der Waals surface area contributed by atoms with Crippen molar-refractivity contribution in [3.05, 3.63) is 0 Å². The van der Waals surface area contributed by atoms with E-state index >= 15 is 0 Å². The van der Waals surface area contributed by atoms with Crippen molar-refractivity contribution < 1.29 is 4.79 Å². The number of carbonyl (C=O) groups is 1. The Bertz CT molecular complexity index is 251. The number of thioether (sulfide) groups is 1. The van der Waals surface area contributed by atoms with Crippen LogP contribution in [-0.4, -0.2) is 29.5 Å². The number of hydrogen-bond donors (Lipinski definition) is 2. The summed E-state index contributed by atoms with van der Waals surface area (Å²) in [6, 6.07) is -0.425. The minimum absolute atomic E-state index is 0.0205. The number of carbonyl (C=O) groups excluding carboxylic acids is 1. The molecule has 0 aromatic heterocycles. The quantitative estimate of drug-likeness (QED) is 0.792. The molecule has 3 N–H and O–H groups in total. The fourth-order valence-electron chi connectivity index (χ4n) is 1.78. The van der Waals surface area contributed by atoms with Crippen molar-refractivity contribution in [1.82, 2.24) is 5.32 Å². The second kappa shape index (κ2) is 4.96. The van der Waals surface area contributed by atoms with E-state index in [9.17, 15) is 4.79 Å². The topological polar surface area (TPSA) is 55.1 Å². The van der Waals surface area contributed by atoms with E-state index < -0.39 is 6.04 Å². The Morgan fingerprint density at radius 2 is 2.06 bits per heavy atom. The summed E-state index contributed by atoms with van der Waals surface area (Å²) in [5.74, 6) is -0.0205. The molecule has 1 aliphatic rings. The van der Waals surface area contributed by atoms with Gasteiger partial charge in [-0.1, -0.05) is 27.2 Å². The fourth-order valence-corrected chi connectivity index (χ4v) is 2.69. The van der Waals surface area contributed by atoms with Gasteiger partial charge in [0.1, 0.15) is 0 Å². The van der Waals surface area contributed by atoms with Gasteiger partial charge in [-0.25, -0.2) is 0 Å². The van der Waals surface area contributed by atoms with Crippen LogP contribution in [0.3, 0.4) is 0 Å². The zero-order valence-electron chi connectivity index (χ0n) is 10.8. The molecule has 1 fully saturated rings. The van der Waals surface area contributed by atoms with Gasteiger partial charge in [0.05, 0.1) is 6.04 Å². The second-order valence-corrected chi connectivity index (χ2v) is 7.08. The van der Waals surface area contributed by atoms with E-state index in [2.05, 4.69) is 11.6 Å². The molecule has 1 rings (SSSR count). The minimum Gasteiger partial charge on any atom is -0.353 e. The van der Waals surface area contributed by atoms with Crippen molar-refractivity contribution >= 4 is 17.7 Å². The first-order valence-electron chi connectivity index (χ1n) is 5.89. The first kappa shape index (κ1) is 13.8. The Labute approximate surface area is 103 Å².